The lowest BCUT2D eigenvalue weighted by Gasteiger charge is -2.17. The van der Waals surface area contributed by atoms with Gasteiger partial charge < -0.3 is 10.2 Å². The Morgan fingerprint density at radius 3 is 2.70 bits per heavy atom. The molecule has 2 heterocycles. The fraction of sp³-hybridized carbons (Fsp3) is 0.150. The van der Waals surface area contributed by atoms with Gasteiger partial charge >= 0.3 is 0 Å². The SMILES string of the molecule is CN(CCc1ccncc1)c1cnc(C(=O)Nc2cccc(C#N)c2)cn1. The van der Waals surface area contributed by atoms with Gasteiger partial charge in [-0.25, -0.2) is 9.97 Å². The van der Waals surface area contributed by atoms with Crippen molar-refractivity contribution in [2.45, 2.75) is 6.42 Å². The van der Waals surface area contributed by atoms with Crippen molar-refractivity contribution in [1.29, 1.82) is 5.26 Å². The van der Waals surface area contributed by atoms with E-state index >= 15 is 0 Å². The Balaban J connectivity index is 1.60. The molecule has 0 spiro atoms. The highest BCUT2D eigenvalue weighted by atomic mass is 16.1. The molecule has 3 rings (SSSR count). The average Bonchev–Trinajstić information content (AvgIpc) is 2.73. The maximum atomic E-state index is 12.3. The van der Waals surface area contributed by atoms with Gasteiger partial charge in [-0.2, -0.15) is 5.26 Å². The van der Waals surface area contributed by atoms with Crippen LogP contribution in [0, 0.1) is 11.3 Å². The van der Waals surface area contributed by atoms with Crippen LogP contribution in [-0.4, -0.2) is 34.5 Å². The number of pyridine rings is 1. The molecule has 1 amide bonds. The van der Waals surface area contributed by atoms with E-state index in [9.17, 15) is 4.79 Å². The standard InChI is InChI=1S/C20H18N6O/c1-26(10-7-15-5-8-22-9-6-15)19-14-23-18(13-24-19)20(27)25-17-4-2-3-16(11-17)12-21/h2-6,8-9,11,13-14H,7,10H2,1H3,(H,25,27). The summed E-state index contributed by atoms with van der Waals surface area (Å²) in [5.74, 6) is 0.315. The number of hydrogen-bond acceptors (Lipinski definition) is 6. The number of amides is 1. The van der Waals surface area contributed by atoms with Gasteiger partial charge in [-0.3, -0.25) is 9.78 Å². The molecule has 0 aliphatic heterocycles. The zero-order chi connectivity index (χ0) is 19.1. The van der Waals surface area contributed by atoms with Crippen LogP contribution in [-0.2, 0) is 6.42 Å². The summed E-state index contributed by atoms with van der Waals surface area (Å²) in [6.45, 7) is 0.769. The van der Waals surface area contributed by atoms with E-state index in [-0.39, 0.29) is 11.6 Å². The number of benzene rings is 1. The number of hydrogen-bond donors (Lipinski definition) is 1. The van der Waals surface area contributed by atoms with Crippen molar-refractivity contribution in [2.24, 2.45) is 0 Å². The van der Waals surface area contributed by atoms with Crippen molar-refractivity contribution in [3.8, 4) is 6.07 Å². The number of anilines is 2. The third-order valence-electron chi connectivity index (χ3n) is 4.00. The lowest BCUT2D eigenvalue weighted by Crippen LogP contribution is -2.22. The van der Waals surface area contributed by atoms with Crippen LogP contribution < -0.4 is 10.2 Å². The molecule has 0 radical (unpaired) electrons. The first-order valence-corrected chi connectivity index (χ1v) is 8.39. The lowest BCUT2D eigenvalue weighted by molar-refractivity contribution is 0.102. The number of nitriles is 1. The van der Waals surface area contributed by atoms with Gasteiger partial charge in [-0.1, -0.05) is 6.07 Å². The molecule has 27 heavy (non-hydrogen) atoms. The minimum atomic E-state index is -0.372. The Bertz CT molecular complexity index is 950. The van der Waals surface area contributed by atoms with E-state index in [1.807, 2.05) is 30.1 Å². The van der Waals surface area contributed by atoms with E-state index in [0.717, 1.165) is 13.0 Å². The maximum Gasteiger partial charge on any atom is 0.275 e. The molecule has 0 atom stereocenters. The van der Waals surface area contributed by atoms with Gasteiger partial charge in [-0.05, 0) is 42.3 Å². The Hall–Kier alpha value is -3.79. The molecule has 1 N–H and O–H groups in total. The summed E-state index contributed by atoms with van der Waals surface area (Å²) < 4.78 is 0. The molecular formula is C20H18N6O. The van der Waals surface area contributed by atoms with Gasteiger partial charge in [0.1, 0.15) is 11.5 Å². The van der Waals surface area contributed by atoms with Gasteiger partial charge in [-0.15, -0.1) is 0 Å². The van der Waals surface area contributed by atoms with Crippen LogP contribution >= 0.6 is 0 Å². The van der Waals surface area contributed by atoms with Crippen molar-refractivity contribution in [1.82, 2.24) is 15.0 Å². The minimum Gasteiger partial charge on any atom is -0.358 e. The Morgan fingerprint density at radius 2 is 2.00 bits per heavy atom. The highest BCUT2D eigenvalue weighted by molar-refractivity contribution is 6.02. The number of nitrogens with one attached hydrogen (secondary N) is 1. The predicted molar refractivity (Wildman–Crippen MR) is 102 cm³/mol. The van der Waals surface area contributed by atoms with E-state index in [1.54, 1.807) is 42.9 Å². The van der Waals surface area contributed by atoms with E-state index < -0.39 is 0 Å². The third kappa shape index (κ3) is 4.86. The topological polar surface area (TPSA) is 94.8 Å². The summed E-state index contributed by atoms with van der Waals surface area (Å²) in [5, 5.41) is 11.6. The summed E-state index contributed by atoms with van der Waals surface area (Å²) in [5.41, 5.74) is 2.42. The Labute approximate surface area is 157 Å². The van der Waals surface area contributed by atoms with Gasteiger partial charge in [0.25, 0.3) is 5.91 Å². The highest BCUT2D eigenvalue weighted by Gasteiger charge is 2.10. The minimum absolute atomic E-state index is 0.212. The van der Waals surface area contributed by atoms with E-state index in [0.29, 0.717) is 17.1 Å². The van der Waals surface area contributed by atoms with Gasteiger partial charge in [0, 0.05) is 31.7 Å². The molecule has 2 aromatic heterocycles. The molecule has 0 fully saturated rings. The summed E-state index contributed by atoms with van der Waals surface area (Å²) in [7, 11) is 1.93. The second-order valence-electron chi connectivity index (χ2n) is 5.93. The summed E-state index contributed by atoms with van der Waals surface area (Å²) in [6.07, 6.45) is 7.43. The lowest BCUT2D eigenvalue weighted by atomic mass is 10.2. The molecule has 7 heteroatoms. The van der Waals surface area contributed by atoms with E-state index in [4.69, 9.17) is 5.26 Å². The molecule has 1 aromatic carbocycles. The first kappa shape index (κ1) is 18.0. The molecule has 0 aliphatic carbocycles. The fourth-order valence-corrected chi connectivity index (χ4v) is 2.46. The highest BCUT2D eigenvalue weighted by Crippen LogP contribution is 2.12. The number of aromatic nitrogens is 3. The molecule has 0 saturated heterocycles. The molecule has 0 bridgehead atoms. The molecule has 0 unspecified atom stereocenters. The smallest absolute Gasteiger partial charge is 0.275 e. The van der Waals surface area contributed by atoms with Crippen LogP contribution in [0.4, 0.5) is 11.5 Å². The van der Waals surface area contributed by atoms with Gasteiger partial charge in [0.15, 0.2) is 0 Å². The van der Waals surface area contributed by atoms with Crippen molar-refractivity contribution in [2.75, 3.05) is 23.8 Å². The number of rotatable bonds is 6. The van der Waals surface area contributed by atoms with Crippen molar-refractivity contribution in [3.05, 3.63) is 78.0 Å². The monoisotopic (exact) mass is 358 g/mol. The Kier molecular flexibility index (Phi) is 5.70. The third-order valence-corrected chi connectivity index (χ3v) is 4.00. The molecule has 3 aromatic rings. The second kappa shape index (κ2) is 8.54. The van der Waals surface area contributed by atoms with Crippen LogP contribution in [0.15, 0.2) is 61.2 Å². The first-order valence-electron chi connectivity index (χ1n) is 8.39. The molecule has 7 nitrogen and oxygen atoms in total. The predicted octanol–water partition coefficient (Wildman–Crippen LogP) is 2.67. The number of carbonyl (C=O) groups excluding carboxylic acids is 1. The number of carbonyl (C=O) groups is 1. The Morgan fingerprint density at radius 1 is 1.19 bits per heavy atom. The quantitative estimate of drug-likeness (QED) is 0.728. The first-order chi connectivity index (χ1) is 13.2. The molecule has 134 valence electrons. The zero-order valence-corrected chi connectivity index (χ0v) is 14.8. The van der Waals surface area contributed by atoms with E-state index in [2.05, 4.69) is 20.3 Å². The van der Waals surface area contributed by atoms with Crippen LogP contribution in [0.25, 0.3) is 0 Å². The fourth-order valence-electron chi connectivity index (χ4n) is 2.46. The maximum absolute atomic E-state index is 12.3. The number of nitrogens with zero attached hydrogens (tertiary/aromatic N) is 5. The van der Waals surface area contributed by atoms with Crippen LogP contribution in [0.5, 0.6) is 0 Å². The van der Waals surface area contributed by atoms with Crippen LogP contribution in [0.2, 0.25) is 0 Å². The van der Waals surface area contributed by atoms with Crippen molar-refractivity contribution >= 4 is 17.4 Å². The summed E-state index contributed by atoms with van der Waals surface area (Å²) in [6, 6.07) is 12.7. The zero-order valence-electron chi connectivity index (χ0n) is 14.8. The molecule has 0 saturated carbocycles. The summed E-state index contributed by atoms with van der Waals surface area (Å²) in [4.78, 5) is 26.8. The number of likely N-dealkylation sites (N-methyl/N-ethyl adjacent to an activating group) is 1. The molecule has 0 aliphatic rings. The van der Waals surface area contributed by atoms with E-state index in [1.165, 1.54) is 11.8 Å². The molecular weight excluding hydrogens is 340 g/mol. The van der Waals surface area contributed by atoms with Gasteiger partial charge in [0.2, 0.25) is 0 Å². The van der Waals surface area contributed by atoms with Crippen molar-refractivity contribution in [3.63, 3.8) is 0 Å². The van der Waals surface area contributed by atoms with Crippen LogP contribution in [0.1, 0.15) is 21.6 Å². The average molecular weight is 358 g/mol. The normalized spacial score (nSPS) is 10.1. The van der Waals surface area contributed by atoms with Crippen LogP contribution in [0.3, 0.4) is 0 Å². The largest absolute Gasteiger partial charge is 0.358 e. The second-order valence-corrected chi connectivity index (χ2v) is 5.93. The summed E-state index contributed by atoms with van der Waals surface area (Å²) >= 11 is 0. The van der Waals surface area contributed by atoms with Crippen molar-refractivity contribution < 1.29 is 4.79 Å². The van der Waals surface area contributed by atoms with Gasteiger partial charge in [0.05, 0.1) is 24.0 Å².